The number of aromatic nitrogens is 1. The molecule has 0 aliphatic heterocycles. The summed E-state index contributed by atoms with van der Waals surface area (Å²) in [7, 11) is 0. The maximum absolute atomic E-state index is 13.6. The first-order chi connectivity index (χ1) is 10.9. The Morgan fingerprint density at radius 3 is 2.70 bits per heavy atom. The Morgan fingerprint density at radius 2 is 2.04 bits per heavy atom. The lowest BCUT2D eigenvalue weighted by molar-refractivity contribution is -0.153. The van der Waals surface area contributed by atoms with E-state index >= 15 is 0 Å². The van der Waals surface area contributed by atoms with Crippen molar-refractivity contribution in [2.45, 2.75) is 44.1 Å². The molecule has 1 saturated carbocycles. The van der Waals surface area contributed by atoms with E-state index in [0.29, 0.717) is 25.7 Å². The van der Waals surface area contributed by atoms with Gasteiger partial charge in [0.2, 0.25) is 0 Å². The number of aliphatic carboxylic acids is 1. The molecule has 4 nitrogen and oxygen atoms in total. The summed E-state index contributed by atoms with van der Waals surface area (Å²) >= 11 is 0. The van der Waals surface area contributed by atoms with E-state index in [4.69, 9.17) is 5.11 Å². The van der Waals surface area contributed by atoms with Crippen molar-refractivity contribution in [3.8, 4) is 0 Å². The molecule has 5 heteroatoms. The number of carbonyl (C=O) groups is 1. The molecule has 23 heavy (non-hydrogen) atoms. The lowest BCUT2D eigenvalue weighted by atomic mass is 9.70. The van der Waals surface area contributed by atoms with E-state index < -0.39 is 17.5 Å². The van der Waals surface area contributed by atoms with Crippen LogP contribution in [-0.4, -0.2) is 26.8 Å². The monoisotopic (exact) mass is 317 g/mol. The molecule has 122 valence electrons. The molecular weight excluding hydrogens is 297 g/mol. The molecule has 1 aliphatic carbocycles. The summed E-state index contributed by atoms with van der Waals surface area (Å²) in [5, 5.41) is 20.5. The van der Waals surface area contributed by atoms with E-state index in [0.717, 1.165) is 16.5 Å². The molecule has 1 unspecified atom stereocenters. The second kappa shape index (κ2) is 5.89. The van der Waals surface area contributed by atoms with Crippen LogP contribution in [0.4, 0.5) is 4.39 Å². The topological polar surface area (TPSA) is 70.4 Å². The number of aliphatic hydroxyl groups is 1. The van der Waals surface area contributed by atoms with Crippen LogP contribution in [0.15, 0.2) is 30.5 Å². The summed E-state index contributed by atoms with van der Waals surface area (Å²) < 4.78 is 13.6. The van der Waals surface area contributed by atoms with Crippen molar-refractivity contribution in [1.82, 2.24) is 4.98 Å². The zero-order valence-electron chi connectivity index (χ0n) is 13.0. The van der Waals surface area contributed by atoms with Crippen LogP contribution in [0.2, 0.25) is 0 Å². The fraction of sp³-hybridized carbons (Fsp3) is 0.444. The molecule has 1 aromatic carbocycles. The van der Waals surface area contributed by atoms with Crippen LogP contribution < -0.4 is 0 Å². The third kappa shape index (κ3) is 2.93. The van der Waals surface area contributed by atoms with Gasteiger partial charge in [-0.05, 0) is 68.4 Å². The Bertz CT molecular complexity index is 738. The number of carboxylic acids is 1. The molecule has 1 aliphatic rings. The van der Waals surface area contributed by atoms with E-state index in [9.17, 15) is 14.3 Å². The average Bonchev–Trinajstić information content (AvgIpc) is 2.54. The first-order valence-electron chi connectivity index (χ1n) is 7.90. The number of pyridine rings is 1. The van der Waals surface area contributed by atoms with Crippen LogP contribution in [0.3, 0.4) is 0 Å². The number of hydrogen-bond donors (Lipinski definition) is 2. The van der Waals surface area contributed by atoms with Gasteiger partial charge in [-0.1, -0.05) is 0 Å². The highest BCUT2D eigenvalue weighted by Gasteiger charge is 2.41. The van der Waals surface area contributed by atoms with Crippen LogP contribution in [0, 0.1) is 11.7 Å². The molecule has 1 fully saturated rings. The van der Waals surface area contributed by atoms with Crippen LogP contribution in [0.25, 0.3) is 10.9 Å². The fourth-order valence-electron chi connectivity index (χ4n) is 3.59. The molecule has 0 bridgehead atoms. The highest BCUT2D eigenvalue weighted by Crippen LogP contribution is 2.43. The van der Waals surface area contributed by atoms with Crippen LogP contribution in [0.1, 0.15) is 44.1 Å². The zero-order chi connectivity index (χ0) is 16.6. The second-order valence-electron chi connectivity index (χ2n) is 6.50. The van der Waals surface area contributed by atoms with Gasteiger partial charge in [0.05, 0.1) is 17.0 Å². The number of carboxylic acid groups (broad SMARTS) is 1. The number of hydrogen-bond acceptors (Lipinski definition) is 3. The molecule has 0 saturated heterocycles. The first kappa shape index (κ1) is 15.9. The summed E-state index contributed by atoms with van der Waals surface area (Å²) in [5.41, 5.74) is 0.624. The minimum atomic E-state index is -1.16. The van der Waals surface area contributed by atoms with Crippen LogP contribution in [0.5, 0.6) is 0 Å². The Hall–Kier alpha value is -2.01. The van der Waals surface area contributed by atoms with E-state index in [1.165, 1.54) is 12.1 Å². The predicted octanol–water partition coefficient (Wildman–Crippen LogP) is 3.48. The van der Waals surface area contributed by atoms with Crippen molar-refractivity contribution < 1.29 is 19.4 Å². The first-order valence-corrected chi connectivity index (χ1v) is 7.90. The lowest BCUT2D eigenvalue weighted by Gasteiger charge is -2.39. The van der Waals surface area contributed by atoms with Crippen molar-refractivity contribution in [3.05, 3.63) is 41.8 Å². The second-order valence-corrected chi connectivity index (χ2v) is 6.50. The van der Waals surface area contributed by atoms with Crippen LogP contribution in [-0.2, 0) is 4.79 Å². The molecule has 2 N–H and O–H groups in total. The van der Waals surface area contributed by atoms with E-state index in [1.54, 1.807) is 19.2 Å². The fourth-order valence-corrected chi connectivity index (χ4v) is 3.59. The van der Waals surface area contributed by atoms with Crippen molar-refractivity contribution in [2.75, 3.05) is 0 Å². The molecule has 1 heterocycles. The quantitative estimate of drug-likeness (QED) is 0.909. The Balaban J connectivity index is 1.86. The van der Waals surface area contributed by atoms with Gasteiger partial charge < -0.3 is 10.2 Å². The Kier molecular flexibility index (Phi) is 4.06. The lowest BCUT2D eigenvalue weighted by Crippen LogP contribution is -2.43. The molecule has 0 spiro atoms. The number of halogens is 1. The number of rotatable bonds is 3. The van der Waals surface area contributed by atoms with E-state index in [1.807, 2.05) is 6.07 Å². The molecule has 1 atom stereocenters. The largest absolute Gasteiger partial charge is 0.481 e. The highest BCUT2D eigenvalue weighted by atomic mass is 19.1. The molecule has 3 rings (SSSR count). The van der Waals surface area contributed by atoms with Gasteiger partial charge >= 0.3 is 5.97 Å². The molecule has 0 amide bonds. The third-order valence-electron chi connectivity index (χ3n) is 5.21. The number of fused-ring (bicyclic) bond motifs is 1. The SMILES string of the molecule is CC(C(=O)O)C1(O)CCC(c2ccnc3ccc(F)cc23)CC1. The van der Waals surface area contributed by atoms with Gasteiger partial charge in [0, 0.05) is 11.6 Å². The van der Waals surface area contributed by atoms with Gasteiger partial charge in [-0.25, -0.2) is 4.39 Å². The van der Waals surface area contributed by atoms with Crippen LogP contribution >= 0.6 is 0 Å². The summed E-state index contributed by atoms with van der Waals surface area (Å²) in [6, 6.07) is 6.46. The Labute approximate surface area is 134 Å². The van der Waals surface area contributed by atoms with Crippen molar-refractivity contribution in [2.24, 2.45) is 5.92 Å². The maximum atomic E-state index is 13.6. The predicted molar refractivity (Wildman–Crippen MR) is 84.7 cm³/mol. The van der Waals surface area contributed by atoms with Gasteiger partial charge in [0.1, 0.15) is 5.82 Å². The molecular formula is C18H20FNO3. The molecule has 1 aromatic heterocycles. The Morgan fingerprint density at radius 1 is 1.35 bits per heavy atom. The zero-order valence-corrected chi connectivity index (χ0v) is 13.0. The number of benzene rings is 1. The van der Waals surface area contributed by atoms with Crippen molar-refractivity contribution in [1.29, 1.82) is 0 Å². The summed E-state index contributed by atoms with van der Waals surface area (Å²) in [6.07, 6.45) is 3.96. The minimum Gasteiger partial charge on any atom is -0.481 e. The number of nitrogens with zero attached hydrogens (tertiary/aromatic N) is 1. The van der Waals surface area contributed by atoms with Gasteiger partial charge in [-0.15, -0.1) is 0 Å². The third-order valence-corrected chi connectivity index (χ3v) is 5.21. The summed E-state index contributed by atoms with van der Waals surface area (Å²) in [4.78, 5) is 15.4. The van der Waals surface area contributed by atoms with Gasteiger partial charge in [0.25, 0.3) is 0 Å². The average molecular weight is 317 g/mol. The molecule has 2 aromatic rings. The standard InChI is InChI=1S/C18H20FNO3/c1-11(17(21)22)18(23)7-4-12(5-8-18)14-6-9-20-16-3-2-13(19)10-15(14)16/h2-3,6,9-12,23H,4-5,7-8H2,1H3,(H,21,22). The van der Waals surface area contributed by atoms with Gasteiger partial charge in [0.15, 0.2) is 0 Å². The normalized spacial score (nSPS) is 26.1. The van der Waals surface area contributed by atoms with Gasteiger partial charge in [-0.3, -0.25) is 9.78 Å². The minimum absolute atomic E-state index is 0.184. The van der Waals surface area contributed by atoms with Gasteiger partial charge in [-0.2, -0.15) is 0 Å². The van der Waals surface area contributed by atoms with E-state index in [-0.39, 0.29) is 11.7 Å². The summed E-state index contributed by atoms with van der Waals surface area (Å²) in [6.45, 7) is 1.56. The van der Waals surface area contributed by atoms with Crippen molar-refractivity contribution in [3.63, 3.8) is 0 Å². The smallest absolute Gasteiger partial charge is 0.309 e. The molecule has 0 radical (unpaired) electrons. The van der Waals surface area contributed by atoms with Crippen molar-refractivity contribution >= 4 is 16.9 Å². The highest BCUT2D eigenvalue weighted by molar-refractivity contribution is 5.82. The maximum Gasteiger partial charge on any atom is 0.309 e. The van der Waals surface area contributed by atoms with E-state index in [2.05, 4.69) is 4.98 Å². The summed E-state index contributed by atoms with van der Waals surface area (Å²) in [5.74, 6) is -1.86.